The van der Waals surface area contributed by atoms with Crippen molar-refractivity contribution in [1.29, 1.82) is 0 Å². The van der Waals surface area contributed by atoms with Crippen LogP contribution < -0.4 is 0 Å². The molecule has 1 aromatic rings. The molecule has 6 heteroatoms. The van der Waals surface area contributed by atoms with Gasteiger partial charge in [0.15, 0.2) is 5.78 Å². The molecule has 6 nitrogen and oxygen atoms in total. The van der Waals surface area contributed by atoms with Crippen molar-refractivity contribution in [2.45, 2.75) is 31.6 Å². The van der Waals surface area contributed by atoms with E-state index in [2.05, 4.69) is 9.72 Å². The Hall–Kier alpha value is -2.11. The summed E-state index contributed by atoms with van der Waals surface area (Å²) in [5.74, 6) is -1.12. The minimum Gasteiger partial charge on any atom is -0.469 e. The molecule has 0 spiro atoms. The Morgan fingerprint density at radius 3 is 2.75 bits per heavy atom. The summed E-state index contributed by atoms with van der Waals surface area (Å²) in [6.45, 7) is 0. The lowest BCUT2D eigenvalue weighted by atomic mass is 9.83. The number of methoxy groups -OCH3 is 2. The van der Waals surface area contributed by atoms with E-state index in [1.807, 2.05) is 0 Å². The first kappa shape index (κ1) is 14.3. The minimum atomic E-state index is -0.438. The zero-order chi connectivity index (χ0) is 14.7. The first-order valence-electron chi connectivity index (χ1n) is 6.46. The van der Waals surface area contributed by atoms with Gasteiger partial charge in [0, 0.05) is 19.0 Å². The molecule has 0 saturated carbocycles. The van der Waals surface area contributed by atoms with Crippen molar-refractivity contribution in [2.75, 3.05) is 14.2 Å². The van der Waals surface area contributed by atoms with Crippen LogP contribution >= 0.6 is 0 Å². The monoisotopic (exact) mass is 279 g/mol. The van der Waals surface area contributed by atoms with E-state index in [0.29, 0.717) is 30.5 Å². The van der Waals surface area contributed by atoms with Crippen LogP contribution in [0.2, 0.25) is 0 Å². The van der Waals surface area contributed by atoms with Crippen LogP contribution in [0.4, 0.5) is 0 Å². The highest BCUT2D eigenvalue weighted by Gasteiger charge is 2.34. The summed E-state index contributed by atoms with van der Waals surface area (Å²) in [5.41, 5.74) is 1.94. The molecule has 1 heterocycles. The molecule has 0 aliphatic heterocycles. The van der Waals surface area contributed by atoms with E-state index in [9.17, 15) is 14.4 Å². The van der Waals surface area contributed by atoms with Gasteiger partial charge in [-0.05, 0) is 24.0 Å². The summed E-state index contributed by atoms with van der Waals surface area (Å²) in [6, 6.07) is 0. The number of Topliss-reactive ketones (excluding diaryl/α,β-unsaturated/α-hetero) is 1. The van der Waals surface area contributed by atoms with E-state index in [1.165, 1.54) is 14.2 Å². The SMILES string of the molecule is COC(=O)CCc1c[nH]c2c1C(C(=O)OC)CCC2=O. The number of aromatic amines is 1. The molecule has 1 aliphatic rings. The quantitative estimate of drug-likeness (QED) is 0.841. The molecular formula is C14H17NO5. The van der Waals surface area contributed by atoms with Crippen molar-refractivity contribution < 1.29 is 23.9 Å². The Labute approximate surface area is 116 Å². The van der Waals surface area contributed by atoms with Gasteiger partial charge in [-0.25, -0.2) is 0 Å². The average Bonchev–Trinajstić information content (AvgIpc) is 2.89. The first-order valence-corrected chi connectivity index (χ1v) is 6.46. The van der Waals surface area contributed by atoms with Crippen molar-refractivity contribution in [1.82, 2.24) is 4.98 Å². The molecule has 0 amide bonds. The fourth-order valence-electron chi connectivity index (χ4n) is 2.57. The number of H-pyrrole nitrogens is 1. The third-order valence-electron chi connectivity index (χ3n) is 3.61. The van der Waals surface area contributed by atoms with Gasteiger partial charge in [0.05, 0.1) is 25.8 Å². The Balaban J connectivity index is 2.29. The van der Waals surface area contributed by atoms with Crippen LogP contribution in [0.1, 0.15) is 46.8 Å². The van der Waals surface area contributed by atoms with E-state index >= 15 is 0 Å². The van der Waals surface area contributed by atoms with Crippen molar-refractivity contribution in [2.24, 2.45) is 0 Å². The lowest BCUT2D eigenvalue weighted by Gasteiger charge is -2.21. The first-order chi connectivity index (χ1) is 9.58. The number of rotatable bonds is 4. The predicted molar refractivity (Wildman–Crippen MR) is 69.5 cm³/mol. The topological polar surface area (TPSA) is 85.5 Å². The zero-order valence-electron chi connectivity index (χ0n) is 11.5. The van der Waals surface area contributed by atoms with Gasteiger partial charge < -0.3 is 14.5 Å². The van der Waals surface area contributed by atoms with Crippen molar-refractivity contribution in [3.8, 4) is 0 Å². The van der Waals surface area contributed by atoms with E-state index in [-0.39, 0.29) is 24.1 Å². The van der Waals surface area contributed by atoms with Crippen LogP contribution in [0.3, 0.4) is 0 Å². The third kappa shape index (κ3) is 2.59. The summed E-state index contributed by atoms with van der Waals surface area (Å²) in [6.07, 6.45) is 3.10. The number of aryl methyl sites for hydroxylation is 1. The fourth-order valence-corrected chi connectivity index (χ4v) is 2.57. The van der Waals surface area contributed by atoms with Crippen LogP contribution in [0.5, 0.6) is 0 Å². The number of nitrogens with one attached hydrogen (secondary N) is 1. The number of ether oxygens (including phenoxy) is 2. The molecule has 108 valence electrons. The van der Waals surface area contributed by atoms with Gasteiger partial charge >= 0.3 is 11.9 Å². The van der Waals surface area contributed by atoms with Crippen molar-refractivity contribution in [3.05, 3.63) is 23.0 Å². The Bertz CT molecular complexity index is 546. The lowest BCUT2D eigenvalue weighted by molar-refractivity contribution is -0.142. The number of aromatic nitrogens is 1. The number of hydrogen-bond donors (Lipinski definition) is 1. The standard InChI is InChI=1S/C14H17NO5/c1-19-11(17)6-3-8-7-15-13-10(16)5-4-9(12(8)13)14(18)20-2/h7,9,15H,3-6H2,1-2H3. The minimum absolute atomic E-state index is 0.00975. The summed E-state index contributed by atoms with van der Waals surface area (Å²) < 4.78 is 9.40. The molecule has 1 aromatic heterocycles. The molecular weight excluding hydrogens is 262 g/mol. The number of carbonyl (C=O) groups excluding carboxylic acids is 3. The second kappa shape index (κ2) is 5.90. The second-order valence-corrected chi connectivity index (χ2v) is 4.72. The number of fused-ring (bicyclic) bond motifs is 1. The highest BCUT2D eigenvalue weighted by atomic mass is 16.5. The molecule has 0 saturated heterocycles. The summed E-state index contributed by atoms with van der Waals surface area (Å²) in [5, 5.41) is 0. The van der Waals surface area contributed by atoms with Gasteiger partial charge in [-0.3, -0.25) is 14.4 Å². The van der Waals surface area contributed by atoms with Gasteiger partial charge in [0.1, 0.15) is 0 Å². The Morgan fingerprint density at radius 2 is 2.10 bits per heavy atom. The van der Waals surface area contributed by atoms with E-state index in [4.69, 9.17) is 4.74 Å². The molecule has 0 radical (unpaired) electrons. The van der Waals surface area contributed by atoms with Crippen LogP contribution in [-0.2, 0) is 25.5 Å². The van der Waals surface area contributed by atoms with Crippen molar-refractivity contribution >= 4 is 17.7 Å². The molecule has 1 unspecified atom stereocenters. The number of esters is 2. The molecule has 1 aliphatic carbocycles. The van der Waals surface area contributed by atoms with Crippen LogP contribution in [0.15, 0.2) is 6.20 Å². The van der Waals surface area contributed by atoms with Gasteiger partial charge in [-0.1, -0.05) is 0 Å². The zero-order valence-corrected chi connectivity index (χ0v) is 11.5. The predicted octanol–water partition coefficient (Wildman–Crippen LogP) is 1.35. The second-order valence-electron chi connectivity index (χ2n) is 4.72. The van der Waals surface area contributed by atoms with Crippen molar-refractivity contribution in [3.63, 3.8) is 0 Å². The molecule has 0 aromatic carbocycles. The van der Waals surface area contributed by atoms with E-state index in [1.54, 1.807) is 6.20 Å². The maximum absolute atomic E-state index is 11.9. The summed E-state index contributed by atoms with van der Waals surface area (Å²) >= 11 is 0. The Kier molecular flexibility index (Phi) is 4.22. The molecule has 2 rings (SSSR count). The van der Waals surface area contributed by atoms with E-state index in [0.717, 1.165) is 5.56 Å². The van der Waals surface area contributed by atoms with E-state index < -0.39 is 5.92 Å². The number of hydrogen-bond acceptors (Lipinski definition) is 5. The maximum Gasteiger partial charge on any atom is 0.313 e. The molecule has 1 atom stereocenters. The third-order valence-corrected chi connectivity index (χ3v) is 3.61. The lowest BCUT2D eigenvalue weighted by Crippen LogP contribution is -2.23. The van der Waals surface area contributed by atoms with Gasteiger partial charge in [-0.15, -0.1) is 0 Å². The van der Waals surface area contributed by atoms with Gasteiger partial charge in [0.2, 0.25) is 0 Å². The Morgan fingerprint density at radius 1 is 1.35 bits per heavy atom. The highest BCUT2D eigenvalue weighted by Crippen LogP contribution is 2.35. The normalized spacial score (nSPS) is 17.5. The van der Waals surface area contributed by atoms with Gasteiger partial charge in [0.25, 0.3) is 0 Å². The number of carbonyl (C=O) groups is 3. The molecule has 20 heavy (non-hydrogen) atoms. The number of ketones is 1. The molecule has 1 N–H and O–H groups in total. The van der Waals surface area contributed by atoms with Gasteiger partial charge in [-0.2, -0.15) is 0 Å². The highest BCUT2D eigenvalue weighted by molar-refractivity contribution is 6.00. The fraction of sp³-hybridized carbons (Fsp3) is 0.500. The van der Waals surface area contributed by atoms with Crippen LogP contribution in [0.25, 0.3) is 0 Å². The molecule has 0 bridgehead atoms. The summed E-state index contributed by atoms with van der Waals surface area (Å²) in [4.78, 5) is 37.9. The summed E-state index contributed by atoms with van der Waals surface area (Å²) in [7, 11) is 2.66. The average molecular weight is 279 g/mol. The van der Waals surface area contributed by atoms with Crippen LogP contribution in [-0.4, -0.2) is 36.9 Å². The largest absolute Gasteiger partial charge is 0.469 e. The molecule has 0 fully saturated rings. The van der Waals surface area contributed by atoms with Crippen LogP contribution in [0, 0.1) is 0 Å². The smallest absolute Gasteiger partial charge is 0.313 e. The maximum atomic E-state index is 11.9.